The van der Waals surface area contributed by atoms with Crippen LogP contribution in [0.4, 0.5) is 5.69 Å². The minimum atomic E-state index is 0.516. The van der Waals surface area contributed by atoms with Crippen molar-refractivity contribution in [3.63, 3.8) is 0 Å². The quantitative estimate of drug-likeness (QED) is 0.498. The summed E-state index contributed by atoms with van der Waals surface area (Å²) in [6.45, 7) is 6.69. The minimum Gasteiger partial charge on any atom is -0.237 e. The van der Waals surface area contributed by atoms with Crippen LogP contribution in [0.1, 0.15) is 0 Å². The van der Waals surface area contributed by atoms with Gasteiger partial charge in [0.05, 0.1) is 6.57 Å². The topological polar surface area (TPSA) is 4.36 Å². The molecule has 0 radical (unpaired) electrons. The van der Waals surface area contributed by atoms with Crippen molar-refractivity contribution in [2.45, 2.75) is 0 Å². The van der Waals surface area contributed by atoms with Gasteiger partial charge in [0, 0.05) is 8.59 Å². The zero-order valence-electron chi connectivity index (χ0n) is 4.94. The molecule has 1 nitrogen and oxygen atoms in total. The molecule has 10 heavy (non-hydrogen) atoms. The number of hydrogen-bond acceptors (Lipinski definition) is 0. The SMILES string of the molecule is [C-]#[N+]c1ccc(I)cc1Cl. The van der Waals surface area contributed by atoms with Crippen LogP contribution in [0.2, 0.25) is 5.02 Å². The molecule has 1 aromatic carbocycles. The molecule has 3 heteroatoms. The maximum atomic E-state index is 6.69. The molecule has 0 saturated carbocycles. The monoisotopic (exact) mass is 263 g/mol. The third kappa shape index (κ3) is 1.61. The van der Waals surface area contributed by atoms with E-state index in [2.05, 4.69) is 27.4 Å². The van der Waals surface area contributed by atoms with E-state index < -0.39 is 0 Å². The fourth-order valence-corrected chi connectivity index (χ4v) is 1.47. The van der Waals surface area contributed by atoms with Crippen LogP contribution in [0.25, 0.3) is 4.85 Å². The van der Waals surface area contributed by atoms with Crippen LogP contribution >= 0.6 is 34.2 Å². The number of hydrogen-bond donors (Lipinski definition) is 0. The summed E-state index contributed by atoms with van der Waals surface area (Å²) >= 11 is 7.86. The van der Waals surface area contributed by atoms with Gasteiger partial charge in [-0.3, -0.25) is 0 Å². The summed E-state index contributed by atoms with van der Waals surface area (Å²) in [7, 11) is 0. The Morgan fingerprint density at radius 2 is 2.20 bits per heavy atom. The molecule has 1 aromatic rings. The van der Waals surface area contributed by atoms with Crippen molar-refractivity contribution >= 4 is 39.9 Å². The van der Waals surface area contributed by atoms with E-state index in [1.54, 1.807) is 12.1 Å². The smallest absolute Gasteiger partial charge is 0.205 e. The largest absolute Gasteiger partial charge is 0.237 e. The summed E-state index contributed by atoms with van der Waals surface area (Å²) in [5.74, 6) is 0. The minimum absolute atomic E-state index is 0.516. The average Bonchev–Trinajstić information content (AvgIpc) is 1.88. The van der Waals surface area contributed by atoms with E-state index in [-0.39, 0.29) is 0 Å². The highest BCUT2D eigenvalue weighted by Crippen LogP contribution is 2.25. The highest BCUT2D eigenvalue weighted by atomic mass is 127. The zero-order valence-corrected chi connectivity index (χ0v) is 7.85. The third-order valence-corrected chi connectivity index (χ3v) is 2.00. The van der Waals surface area contributed by atoms with Crippen molar-refractivity contribution in [2.75, 3.05) is 0 Å². The Balaban J connectivity index is 3.23. The molecule has 0 aliphatic heterocycles. The van der Waals surface area contributed by atoms with Crippen molar-refractivity contribution in [3.05, 3.63) is 38.2 Å². The molecule has 0 N–H and O–H groups in total. The van der Waals surface area contributed by atoms with Crippen molar-refractivity contribution < 1.29 is 0 Å². The molecular weight excluding hydrogens is 260 g/mol. The zero-order chi connectivity index (χ0) is 7.56. The molecule has 0 aliphatic rings. The van der Waals surface area contributed by atoms with E-state index in [0.717, 1.165) is 3.57 Å². The summed E-state index contributed by atoms with van der Waals surface area (Å²) < 4.78 is 1.05. The van der Waals surface area contributed by atoms with Gasteiger partial charge in [0.2, 0.25) is 5.69 Å². The lowest BCUT2D eigenvalue weighted by Gasteiger charge is -1.93. The van der Waals surface area contributed by atoms with Crippen molar-refractivity contribution in [1.29, 1.82) is 0 Å². The van der Waals surface area contributed by atoms with E-state index in [1.807, 2.05) is 6.07 Å². The Bertz CT molecular complexity index is 290. The number of rotatable bonds is 0. The van der Waals surface area contributed by atoms with Crippen LogP contribution in [0, 0.1) is 10.1 Å². The predicted octanol–water partition coefficient (Wildman–Crippen LogP) is 3.50. The molecule has 0 bridgehead atoms. The molecule has 0 saturated heterocycles. The average molecular weight is 263 g/mol. The van der Waals surface area contributed by atoms with Gasteiger partial charge in [-0.1, -0.05) is 23.7 Å². The van der Waals surface area contributed by atoms with Crippen LogP contribution in [-0.2, 0) is 0 Å². The Morgan fingerprint density at radius 1 is 1.50 bits per heavy atom. The molecule has 0 aromatic heterocycles. The Kier molecular flexibility index (Phi) is 2.52. The molecule has 50 valence electrons. The highest BCUT2D eigenvalue weighted by Gasteiger charge is 1.97. The Labute approximate surface area is 78.0 Å². The van der Waals surface area contributed by atoms with E-state index in [4.69, 9.17) is 18.2 Å². The van der Waals surface area contributed by atoms with Crippen LogP contribution in [-0.4, -0.2) is 0 Å². The fraction of sp³-hybridized carbons (Fsp3) is 0. The first-order valence-electron chi connectivity index (χ1n) is 2.56. The standard InChI is InChI=1S/C7H3ClIN/c1-10-7-3-2-5(9)4-6(7)8/h2-4H. The summed E-state index contributed by atoms with van der Waals surface area (Å²) in [5.41, 5.74) is 0.516. The molecule has 0 spiro atoms. The highest BCUT2D eigenvalue weighted by molar-refractivity contribution is 14.1. The van der Waals surface area contributed by atoms with Crippen LogP contribution < -0.4 is 0 Å². The molecule has 0 aliphatic carbocycles. The lowest BCUT2D eigenvalue weighted by atomic mass is 10.3. The summed E-state index contributed by atoms with van der Waals surface area (Å²) in [6.07, 6.45) is 0. The number of halogens is 2. The van der Waals surface area contributed by atoms with Gasteiger partial charge in [0.25, 0.3) is 0 Å². The van der Waals surface area contributed by atoms with Crippen molar-refractivity contribution in [1.82, 2.24) is 0 Å². The first-order chi connectivity index (χ1) is 4.74. The maximum Gasteiger partial charge on any atom is 0.205 e. The van der Waals surface area contributed by atoms with Gasteiger partial charge in [-0.2, -0.15) is 0 Å². The van der Waals surface area contributed by atoms with Crippen molar-refractivity contribution in [2.24, 2.45) is 0 Å². The first kappa shape index (κ1) is 7.83. The second kappa shape index (κ2) is 3.22. The molecule has 0 unspecified atom stereocenters. The van der Waals surface area contributed by atoms with Crippen LogP contribution in [0.15, 0.2) is 18.2 Å². The van der Waals surface area contributed by atoms with Crippen LogP contribution in [0.3, 0.4) is 0 Å². The number of benzene rings is 1. The van der Waals surface area contributed by atoms with E-state index in [9.17, 15) is 0 Å². The van der Waals surface area contributed by atoms with Gasteiger partial charge in [0.15, 0.2) is 0 Å². The van der Waals surface area contributed by atoms with Gasteiger partial charge in [-0.25, -0.2) is 4.85 Å². The lowest BCUT2D eigenvalue weighted by molar-refractivity contribution is 1.65. The normalized spacial score (nSPS) is 8.90. The van der Waals surface area contributed by atoms with E-state index in [0.29, 0.717) is 10.7 Å². The maximum absolute atomic E-state index is 6.69. The van der Waals surface area contributed by atoms with Gasteiger partial charge in [0.1, 0.15) is 0 Å². The van der Waals surface area contributed by atoms with Gasteiger partial charge < -0.3 is 0 Å². The van der Waals surface area contributed by atoms with Gasteiger partial charge in [-0.05, 0) is 28.7 Å². The van der Waals surface area contributed by atoms with E-state index in [1.165, 1.54) is 0 Å². The molecule has 0 fully saturated rings. The second-order valence-corrected chi connectivity index (χ2v) is 3.36. The fourth-order valence-electron chi connectivity index (χ4n) is 0.572. The van der Waals surface area contributed by atoms with Crippen molar-refractivity contribution in [3.8, 4) is 0 Å². The third-order valence-electron chi connectivity index (χ3n) is 1.03. The lowest BCUT2D eigenvalue weighted by Crippen LogP contribution is -1.68. The van der Waals surface area contributed by atoms with Gasteiger partial charge in [-0.15, -0.1) is 0 Å². The number of nitrogens with zero attached hydrogens (tertiary/aromatic N) is 1. The summed E-state index contributed by atoms with van der Waals surface area (Å²) in [5, 5.41) is 0.530. The summed E-state index contributed by atoms with van der Waals surface area (Å²) in [4.78, 5) is 3.23. The molecule has 1 rings (SSSR count). The van der Waals surface area contributed by atoms with Crippen LogP contribution in [0.5, 0.6) is 0 Å². The van der Waals surface area contributed by atoms with E-state index >= 15 is 0 Å². The van der Waals surface area contributed by atoms with Gasteiger partial charge >= 0.3 is 0 Å². The second-order valence-electron chi connectivity index (χ2n) is 1.71. The first-order valence-corrected chi connectivity index (χ1v) is 4.02. The predicted molar refractivity (Wildman–Crippen MR) is 50.4 cm³/mol. The molecule has 0 heterocycles. The molecular formula is C7H3ClIN. The molecule has 0 amide bonds. The summed E-state index contributed by atoms with van der Waals surface area (Å²) in [6, 6.07) is 5.35. The molecule has 0 atom stereocenters. The Hall–Kier alpha value is -0.270. The Morgan fingerprint density at radius 3 is 2.70 bits per heavy atom.